The van der Waals surface area contributed by atoms with Gasteiger partial charge in [-0.2, -0.15) is 0 Å². The Bertz CT molecular complexity index is 984. The standard InChI is InChI=1S/C17H14Cl2F2N6O/c1-8-4-13-12(24-25-27(13)17-22-5-9(20)6-23-17)7-26(8)16(28)10-2-3-11(21)15(19)14(10)18/h2-3,5-6,8,24-25H,4,7H2,1H3/t8-/m0/s1. The fourth-order valence-corrected chi connectivity index (χ4v) is 3.57. The topological polar surface area (TPSA) is 73.4 Å². The van der Waals surface area contributed by atoms with E-state index in [9.17, 15) is 13.6 Å². The van der Waals surface area contributed by atoms with E-state index in [1.807, 2.05) is 6.92 Å². The van der Waals surface area contributed by atoms with E-state index in [2.05, 4.69) is 20.9 Å². The molecule has 0 aliphatic carbocycles. The van der Waals surface area contributed by atoms with E-state index < -0.39 is 11.6 Å². The third-order valence-electron chi connectivity index (χ3n) is 4.62. The van der Waals surface area contributed by atoms with Gasteiger partial charge in [0.05, 0.1) is 45.9 Å². The molecule has 0 fully saturated rings. The first kappa shape index (κ1) is 18.9. The molecule has 28 heavy (non-hydrogen) atoms. The third-order valence-corrected chi connectivity index (χ3v) is 5.48. The molecule has 146 valence electrons. The van der Waals surface area contributed by atoms with Gasteiger partial charge in [0.2, 0.25) is 5.95 Å². The Labute approximate surface area is 168 Å². The van der Waals surface area contributed by atoms with Gasteiger partial charge in [-0.05, 0) is 19.1 Å². The first-order valence-corrected chi connectivity index (χ1v) is 9.08. The maximum Gasteiger partial charge on any atom is 0.256 e. The number of nitrogens with zero attached hydrogens (tertiary/aromatic N) is 4. The number of halogens is 4. The summed E-state index contributed by atoms with van der Waals surface area (Å²) in [6, 6.07) is 2.24. The van der Waals surface area contributed by atoms with E-state index in [0.29, 0.717) is 6.42 Å². The first-order valence-electron chi connectivity index (χ1n) is 8.32. The summed E-state index contributed by atoms with van der Waals surface area (Å²) in [6.07, 6.45) is 2.63. The fourth-order valence-electron chi connectivity index (χ4n) is 3.17. The Morgan fingerprint density at radius 2 is 1.93 bits per heavy atom. The minimum absolute atomic E-state index is 0.113. The predicted octanol–water partition coefficient (Wildman–Crippen LogP) is 3.04. The normalized spacial score (nSPS) is 19.0. The molecule has 0 saturated carbocycles. The van der Waals surface area contributed by atoms with Gasteiger partial charge < -0.3 is 10.3 Å². The van der Waals surface area contributed by atoms with E-state index in [1.54, 1.807) is 9.91 Å². The van der Waals surface area contributed by atoms with Crippen LogP contribution in [0.25, 0.3) is 0 Å². The van der Waals surface area contributed by atoms with Crippen molar-refractivity contribution in [3.05, 3.63) is 63.2 Å². The molecule has 1 aromatic carbocycles. The summed E-state index contributed by atoms with van der Waals surface area (Å²) in [5.74, 6) is -1.30. The Balaban J connectivity index is 1.60. The van der Waals surface area contributed by atoms with E-state index in [0.717, 1.165) is 29.9 Å². The summed E-state index contributed by atoms with van der Waals surface area (Å²) in [6.45, 7) is 2.13. The first-order chi connectivity index (χ1) is 13.4. The minimum Gasteiger partial charge on any atom is -0.330 e. The van der Waals surface area contributed by atoms with Crippen LogP contribution in [0, 0.1) is 11.6 Å². The van der Waals surface area contributed by atoms with Gasteiger partial charge in [0, 0.05) is 12.5 Å². The van der Waals surface area contributed by atoms with Crippen molar-refractivity contribution in [3.63, 3.8) is 0 Å². The lowest BCUT2D eigenvalue weighted by Gasteiger charge is -2.34. The minimum atomic E-state index is -0.684. The van der Waals surface area contributed by atoms with Gasteiger partial charge in [-0.1, -0.05) is 23.2 Å². The van der Waals surface area contributed by atoms with Crippen LogP contribution in [0.5, 0.6) is 0 Å². The van der Waals surface area contributed by atoms with Crippen LogP contribution in [0.2, 0.25) is 10.0 Å². The van der Waals surface area contributed by atoms with Crippen LogP contribution < -0.4 is 16.0 Å². The number of carbonyl (C=O) groups excluding carboxylic acids is 1. The second-order valence-electron chi connectivity index (χ2n) is 6.41. The number of benzene rings is 1. The Hall–Kier alpha value is -2.49. The van der Waals surface area contributed by atoms with Crippen molar-refractivity contribution in [2.75, 3.05) is 11.6 Å². The maximum atomic E-state index is 13.5. The number of amides is 1. The zero-order valence-electron chi connectivity index (χ0n) is 14.5. The molecule has 0 unspecified atom stereocenters. The number of aromatic nitrogens is 2. The molecule has 7 nitrogen and oxygen atoms in total. The van der Waals surface area contributed by atoms with Crippen molar-refractivity contribution >= 4 is 35.1 Å². The molecule has 1 aromatic heterocycles. The van der Waals surface area contributed by atoms with Gasteiger partial charge in [-0.3, -0.25) is 4.79 Å². The molecular formula is C17H14Cl2F2N6O. The molecule has 4 rings (SSSR count). The molecule has 3 heterocycles. The predicted molar refractivity (Wildman–Crippen MR) is 99.3 cm³/mol. The van der Waals surface area contributed by atoms with E-state index in [1.165, 1.54) is 6.07 Å². The molecule has 2 aliphatic rings. The van der Waals surface area contributed by atoms with Crippen LogP contribution in [-0.4, -0.2) is 33.4 Å². The molecule has 0 saturated heterocycles. The van der Waals surface area contributed by atoms with Crippen molar-refractivity contribution in [3.8, 4) is 0 Å². The van der Waals surface area contributed by atoms with Crippen LogP contribution in [0.15, 0.2) is 35.9 Å². The number of hydrazine groups is 2. The van der Waals surface area contributed by atoms with Gasteiger partial charge in [-0.15, -0.1) is 5.53 Å². The average Bonchev–Trinajstić information content (AvgIpc) is 3.08. The van der Waals surface area contributed by atoms with Gasteiger partial charge in [0.1, 0.15) is 5.82 Å². The number of hydrogen-bond acceptors (Lipinski definition) is 6. The highest BCUT2D eigenvalue weighted by atomic mass is 35.5. The maximum absolute atomic E-state index is 13.5. The van der Waals surface area contributed by atoms with Gasteiger partial charge in [0.15, 0.2) is 5.82 Å². The average molecular weight is 427 g/mol. The highest BCUT2D eigenvalue weighted by Gasteiger charge is 2.36. The molecule has 0 bridgehead atoms. The lowest BCUT2D eigenvalue weighted by Crippen LogP contribution is -2.44. The lowest BCUT2D eigenvalue weighted by molar-refractivity contribution is 0.0696. The molecule has 0 spiro atoms. The zero-order chi connectivity index (χ0) is 20.0. The quantitative estimate of drug-likeness (QED) is 0.719. The van der Waals surface area contributed by atoms with Crippen LogP contribution in [-0.2, 0) is 0 Å². The van der Waals surface area contributed by atoms with Gasteiger partial charge in [0.25, 0.3) is 5.91 Å². The highest BCUT2D eigenvalue weighted by Crippen LogP contribution is 2.33. The summed E-state index contributed by atoms with van der Waals surface area (Å²) in [7, 11) is 0. The lowest BCUT2D eigenvalue weighted by atomic mass is 10.0. The Morgan fingerprint density at radius 3 is 2.64 bits per heavy atom. The van der Waals surface area contributed by atoms with Crippen molar-refractivity contribution in [1.29, 1.82) is 0 Å². The number of anilines is 1. The molecular weight excluding hydrogens is 413 g/mol. The molecule has 2 aromatic rings. The summed E-state index contributed by atoms with van der Waals surface area (Å²) in [5, 5.41) is 1.21. The second kappa shape index (κ2) is 7.16. The molecule has 1 atom stereocenters. The van der Waals surface area contributed by atoms with Crippen LogP contribution >= 0.6 is 23.2 Å². The molecule has 0 radical (unpaired) electrons. The van der Waals surface area contributed by atoms with Crippen LogP contribution in [0.1, 0.15) is 23.7 Å². The van der Waals surface area contributed by atoms with Crippen molar-refractivity contribution in [2.24, 2.45) is 0 Å². The smallest absolute Gasteiger partial charge is 0.256 e. The number of hydrogen-bond donors (Lipinski definition) is 2. The Kier molecular flexibility index (Phi) is 4.82. The molecule has 2 aliphatic heterocycles. The van der Waals surface area contributed by atoms with Crippen molar-refractivity contribution < 1.29 is 13.6 Å². The monoisotopic (exact) mass is 426 g/mol. The number of nitrogens with one attached hydrogen (secondary N) is 2. The van der Waals surface area contributed by atoms with Crippen molar-refractivity contribution in [2.45, 2.75) is 19.4 Å². The van der Waals surface area contributed by atoms with Gasteiger partial charge >= 0.3 is 0 Å². The number of carbonyl (C=O) groups is 1. The summed E-state index contributed by atoms with van der Waals surface area (Å²) in [4.78, 5) is 22.5. The van der Waals surface area contributed by atoms with E-state index in [4.69, 9.17) is 23.2 Å². The fraction of sp³-hybridized carbons (Fsp3) is 0.235. The van der Waals surface area contributed by atoms with Crippen LogP contribution in [0.3, 0.4) is 0 Å². The summed E-state index contributed by atoms with van der Waals surface area (Å²) in [5.41, 5.74) is 7.60. The van der Waals surface area contributed by atoms with Crippen molar-refractivity contribution in [1.82, 2.24) is 25.8 Å². The van der Waals surface area contributed by atoms with Crippen LogP contribution in [0.4, 0.5) is 14.7 Å². The van der Waals surface area contributed by atoms with E-state index >= 15 is 0 Å². The van der Waals surface area contributed by atoms with E-state index in [-0.39, 0.29) is 40.1 Å². The largest absolute Gasteiger partial charge is 0.330 e. The highest BCUT2D eigenvalue weighted by molar-refractivity contribution is 6.44. The number of rotatable bonds is 2. The molecule has 2 N–H and O–H groups in total. The second-order valence-corrected chi connectivity index (χ2v) is 7.16. The third kappa shape index (κ3) is 3.15. The Morgan fingerprint density at radius 1 is 1.21 bits per heavy atom. The summed E-state index contributed by atoms with van der Waals surface area (Å²) >= 11 is 11.9. The van der Waals surface area contributed by atoms with Gasteiger partial charge in [-0.25, -0.2) is 23.8 Å². The zero-order valence-corrected chi connectivity index (χ0v) is 16.0. The molecule has 11 heteroatoms. The summed E-state index contributed by atoms with van der Waals surface area (Å²) < 4.78 is 26.6. The molecule has 1 amide bonds. The SMILES string of the molecule is C[C@H]1CC2=C(CN1C(=O)c1ccc(F)c(Cl)c1Cl)NNN2c1ncc(F)cn1.